The molecule has 0 spiro atoms. The van der Waals surface area contributed by atoms with Crippen molar-refractivity contribution in [1.82, 2.24) is 9.97 Å². The summed E-state index contributed by atoms with van der Waals surface area (Å²) in [6.07, 6.45) is 3.08. The Bertz CT molecular complexity index is 576. The number of nitrogens with zero attached hydrogens (tertiary/aromatic N) is 2. The fraction of sp³-hybridized carbons (Fsp3) is 0.273. The summed E-state index contributed by atoms with van der Waals surface area (Å²) in [6, 6.07) is 1.92. The van der Waals surface area contributed by atoms with Gasteiger partial charge in [-0.1, -0.05) is 0 Å². The van der Waals surface area contributed by atoms with Gasteiger partial charge in [0.15, 0.2) is 0 Å². The SMILES string of the molecule is Cc1occc1CN(C)c1nc[nH]c(=O)c1I. The zero-order chi connectivity index (χ0) is 12.4. The molecule has 0 amide bonds. The van der Waals surface area contributed by atoms with E-state index in [-0.39, 0.29) is 5.56 Å². The monoisotopic (exact) mass is 345 g/mol. The van der Waals surface area contributed by atoms with Gasteiger partial charge in [0.25, 0.3) is 5.56 Å². The van der Waals surface area contributed by atoms with E-state index in [0.717, 1.165) is 11.3 Å². The summed E-state index contributed by atoms with van der Waals surface area (Å²) in [6.45, 7) is 2.58. The zero-order valence-electron chi connectivity index (χ0n) is 9.53. The second-order valence-corrected chi connectivity index (χ2v) is 4.81. The van der Waals surface area contributed by atoms with E-state index in [2.05, 4.69) is 9.97 Å². The Kier molecular flexibility index (Phi) is 3.51. The zero-order valence-corrected chi connectivity index (χ0v) is 11.7. The molecule has 0 unspecified atom stereocenters. The number of anilines is 1. The fourth-order valence-corrected chi connectivity index (χ4v) is 2.25. The van der Waals surface area contributed by atoms with Crippen LogP contribution < -0.4 is 10.5 Å². The molecule has 0 aliphatic heterocycles. The van der Waals surface area contributed by atoms with Crippen LogP contribution in [0, 0.1) is 10.5 Å². The quantitative estimate of drug-likeness (QED) is 0.864. The molecular formula is C11H12IN3O2. The summed E-state index contributed by atoms with van der Waals surface area (Å²) in [5, 5.41) is 0. The van der Waals surface area contributed by atoms with Crippen molar-refractivity contribution in [2.45, 2.75) is 13.5 Å². The molecular weight excluding hydrogens is 333 g/mol. The summed E-state index contributed by atoms with van der Waals surface area (Å²) in [7, 11) is 1.90. The largest absolute Gasteiger partial charge is 0.469 e. The Morgan fingerprint density at radius 3 is 3.00 bits per heavy atom. The average molecular weight is 345 g/mol. The van der Waals surface area contributed by atoms with Crippen molar-refractivity contribution in [3.8, 4) is 0 Å². The van der Waals surface area contributed by atoms with Crippen molar-refractivity contribution in [2.24, 2.45) is 0 Å². The lowest BCUT2D eigenvalue weighted by Crippen LogP contribution is -2.23. The molecule has 1 N–H and O–H groups in total. The fourth-order valence-electron chi connectivity index (χ4n) is 1.55. The third kappa shape index (κ3) is 2.51. The number of aromatic nitrogens is 2. The maximum Gasteiger partial charge on any atom is 0.266 e. The predicted octanol–water partition coefficient (Wildman–Crippen LogP) is 1.91. The highest BCUT2D eigenvalue weighted by atomic mass is 127. The topological polar surface area (TPSA) is 62.1 Å². The van der Waals surface area contributed by atoms with Crippen LogP contribution in [-0.2, 0) is 6.54 Å². The molecule has 0 aliphatic rings. The van der Waals surface area contributed by atoms with Crippen molar-refractivity contribution >= 4 is 28.4 Å². The molecule has 2 aromatic heterocycles. The van der Waals surface area contributed by atoms with E-state index in [9.17, 15) is 4.79 Å². The summed E-state index contributed by atoms with van der Waals surface area (Å²) in [5.74, 6) is 1.56. The minimum Gasteiger partial charge on any atom is -0.469 e. The lowest BCUT2D eigenvalue weighted by molar-refractivity contribution is 0.529. The third-order valence-electron chi connectivity index (χ3n) is 2.51. The summed E-state index contributed by atoms with van der Waals surface area (Å²) in [5.41, 5.74) is 0.969. The highest BCUT2D eigenvalue weighted by Gasteiger charge is 2.12. The van der Waals surface area contributed by atoms with E-state index < -0.39 is 0 Å². The molecule has 0 bridgehead atoms. The number of rotatable bonds is 3. The van der Waals surface area contributed by atoms with Gasteiger partial charge in [-0.3, -0.25) is 4.79 Å². The lowest BCUT2D eigenvalue weighted by Gasteiger charge is -2.18. The van der Waals surface area contributed by atoms with E-state index >= 15 is 0 Å². The van der Waals surface area contributed by atoms with Crippen molar-refractivity contribution in [2.75, 3.05) is 11.9 Å². The van der Waals surface area contributed by atoms with Gasteiger partial charge in [0, 0.05) is 19.2 Å². The van der Waals surface area contributed by atoms with Gasteiger partial charge < -0.3 is 14.3 Å². The maximum absolute atomic E-state index is 11.5. The number of hydrogen-bond acceptors (Lipinski definition) is 4. The molecule has 0 saturated carbocycles. The van der Waals surface area contributed by atoms with Crippen LogP contribution in [0.4, 0.5) is 5.82 Å². The van der Waals surface area contributed by atoms with Crippen LogP contribution in [-0.4, -0.2) is 17.0 Å². The number of H-pyrrole nitrogens is 1. The molecule has 2 rings (SSSR count). The van der Waals surface area contributed by atoms with E-state index in [1.54, 1.807) is 6.26 Å². The van der Waals surface area contributed by atoms with Gasteiger partial charge >= 0.3 is 0 Å². The van der Waals surface area contributed by atoms with E-state index in [4.69, 9.17) is 4.42 Å². The van der Waals surface area contributed by atoms with Crippen molar-refractivity contribution in [3.63, 3.8) is 0 Å². The van der Waals surface area contributed by atoms with Crippen LogP contribution in [0.5, 0.6) is 0 Å². The van der Waals surface area contributed by atoms with Gasteiger partial charge in [-0.05, 0) is 35.6 Å². The molecule has 2 heterocycles. The van der Waals surface area contributed by atoms with Gasteiger partial charge in [-0.25, -0.2) is 4.98 Å². The molecule has 0 saturated heterocycles. The Morgan fingerprint density at radius 1 is 1.59 bits per heavy atom. The highest BCUT2D eigenvalue weighted by Crippen LogP contribution is 2.18. The minimum absolute atomic E-state index is 0.119. The van der Waals surface area contributed by atoms with Crippen molar-refractivity contribution in [1.29, 1.82) is 0 Å². The molecule has 0 radical (unpaired) electrons. The van der Waals surface area contributed by atoms with Gasteiger partial charge in [0.1, 0.15) is 15.1 Å². The summed E-state index contributed by atoms with van der Waals surface area (Å²) in [4.78, 5) is 20.1. The van der Waals surface area contributed by atoms with Gasteiger partial charge in [0.2, 0.25) is 0 Å². The number of furan rings is 1. The molecule has 90 valence electrons. The highest BCUT2D eigenvalue weighted by molar-refractivity contribution is 14.1. The van der Waals surface area contributed by atoms with E-state index in [0.29, 0.717) is 15.9 Å². The van der Waals surface area contributed by atoms with Crippen molar-refractivity contribution < 1.29 is 4.42 Å². The normalized spacial score (nSPS) is 10.5. The maximum atomic E-state index is 11.5. The Labute approximate surface area is 112 Å². The number of hydrogen-bond donors (Lipinski definition) is 1. The summed E-state index contributed by atoms with van der Waals surface area (Å²) >= 11 is 2.00. The second kappa shape index (κ2) is 4.91. The molecule has 0 fully saturated rings. The van der Waals surface area contributed by atoms with Gasteiger partial charge in [-0.2, -0.15) is 0 Å². The average Bonchev–Trinajstić information content (AvgIpc) is 2.68. The van der Waals surface area contributed by atoms with Gasteiger partial charge in [-0.15, -0.1) is 0 Å². The molecule has 6 heteroatoms. The van der Waals surface area contributed by atoms with Crippen LogP contribution >= 0.6 is 22.6 Å². The standard InChI is InChI=1S/C11H12IN3O2/c1-7-8(3-4-17-7)5-15(2)10-9(12)11(16)14-6-13-10/h3-4,6H,5H2,1-2H3,(H,13,14,16). The summed E-state index contributed by atoms with van der Waals surface area (Å²) < 4.78 is 5.83. The third-order valence-corrected chi connectivity index (χ3v) is 3.49. The first-order chi connectivity index (χ1) is 8.09. The van der Waals surface area contributed by atoms with Crippen LogP contribution in [0.1, 0.15) is 11.3 Å². The van der Waals surface area contributed by atoms with Crippen LogP contribution in [0.25, 0.3) is 0 Å². The Balaban J connectivity index is 2.26. The first-order valence-corrected chi connectivity index (χ1v) is 6.14. The number of nitrogens with one attached hydrogen (secondary N) is 1. The molecule has 0 aliphatic carbocycles. The molecule has 0 atom stereocenters. The van der Waals surface area contributed by atoms with E-state index in [1.165, 1.54) is 6.33 Å². The van der Waals surface area contributed by atoms with Crippen molar-refractivity contribution in [3.05, 3.63) is 43.9 Å². The van der Waals surface area contributed by atoms with Crippen LogP contribution in [0.3, 0.4) is 0 Å². The Morgan fingerprint density at radius 2 is 2.35 bits per heavy atom. The minimum atomic E-state index is -0.119. The van der Waals surface area contributed by atoms with E-state index in [1.807, 2.05) is 47.5 Å². The van der Waals surface area contributed by atoms with Gasteiger partial charge in [0.05, 0.1) is 12.6 Å². The lowest BCUT2D eigenvalue weighted by atomic mass is 10.2. The second-order valence-electron chi connectivity index (χ2n) is 3.73. The number of aromatic amines is 1. The smallest absolute Gasteiger partial charge is 0.266 e. The number of aryl methyl sites for hydroxylation is 1. The molecule has 2 aromatic rings. The molecule has 17 heavy (non-hydrogen) atoms. The van der Waals surface area contributed by atoms with Crippen LogP contribution in [0.2, 0.25) is 0 Å². The first-order valence-electron chi connectivity index (χ1n) is 5.07. The Hall–Kier alpha value is -1.31. The first kappa shape index (κ1) is 12.2. The number of halogens is 1. The predicted molar refractivity (Wildman–Crippen MR) is 73.1 cm³/mol. The van der Waals surface area contributed by atoms with Crippen LogP contribution in [0.15, 0.2) is 27.9 Å². The molecule has 5 nitrogen and oxygen atoms in total. The molecule has 0 aromatic carbocycles.